The molecule has 1 unspecified atom stereocenters. The van der Waals surface area contributed by atoms with Crippen LogP contribution in [-0.2, 0) is 6.54 Å². The van der Waals surface area contributed by atoms with E-state index in [0.29, 0.717) is 0 Å². The number of rotatable bonds is 4. The molecule has 17 heavy (non-hydrogen) atoms. The molecular formula is C13H18N4. The van der Waals surface area contributed by atoms with Crippen molar-refractivity contribution in [3.05, 3.63) is 53.3 Å². The quantitative estimate of drug-likeness (QED) is 0.621. The molecule has 1 aromatic carbocycles. The fraction of sp³-hybridized carbons (Fsp3) is 0.308. The first-order valence-corrected chi connectivity index (χ1v) is 5.80. The Labute approximate surface area is 101 Å². The number of nitrogens with one attached hydrogen (secondary N) is 1. The first-order chi connectivity index (χ1) is 8.26. The van der Waals surface area contributed by atoms with Crippen LogP contribution in [0.2, 0.25) is 0 Å². The van der Waals surface area contributed by atoms with Crippen LogP contribution < -0.4 is 11.3 Å². The summed E-state index contributed by atoms with van der Waals surface area (Å²) >= 11 is 0. The molecule has 1 heterocycles. The van der Waals surface area contributed by atoms with E-state index in [-0.39, 0.29) is 6.04 Å². The monoisotopic (exact) mass is 230 g/mol. The van der Waals surface area contributed by atoms with Crippen LogP contribution in [0.25, 0.3) is 0 Å². The highest BCUT2D eigenvalue weighted by molar-refractivity contribution is 5.29. The maximum Gasteiger partial charge on any atom is 0.0878 e. The zero-order valence-corrected chi connectivity index (χ0v) is 10.2. The third-order valence-electron chi connectivity index (χ3n) is 2.92. The van der Waals surface area contributed by atoms with Gasteiger partial charge in [0, 0.05) is 12.7 Å². The van der Waals surface area contributed by atoms with Gasteiger partial charge in [0.1, 0.15) is 0 Å². The molecule has 0 aliphatic rings. The molecule has 1 aromatic heterocycles. The molecule has 3 N–H and O–H groups in total. The van der Waals surface area contributed by atoms with Gasteiger partial charge in [-0.1, -0.05) is 29.8 Å². The molecule has 0 amide bonds. The number of hydrogen-bond donors (Lipinski definition) is 2. The van der Waals surface area contributed by atoms with Crippen LogP contribution in [0, 0.1) is 6.92 Å². The van der Waals surface area contributed by atoms with Crippen molar-refractivity contribution in [1.29, 1.82) is 0 Å². The molecule has 0 aliphatic carbocycles. The summed E-state index contributed by atoms with van der Waals surface area (Å²) in [6.45, 7) is 4.98. The molecule has 1 atom stereocenters. The Balaban J connectivity index is 2.36. The lowest BCUT2D eigenvalue weighted by Crippen LogP contribution is -2.30. The van der Waals surface area contributed by atoms with Crippen LogP contribution in [-0.4, -0.2) is 9.78 Å². The number of aryl methyl sites for hydroxylation is 2. The lowest BCUT2D eigenvalue weighted by Gasteiger charge is -2.17. The van der Waals surface area contributed by atoms with Crippen molar-refractivity contribution in [3.8, 4) is 0 Å². The van der Waals surface area contributed by atoms with Gasteiger partial charge in [-0.2, -0.15) is 5.10 Å². The zero-order valence-electron chi connectivity index (χ0n) is 10.2. The van der Waals surface area contributed by atoms with Crippen LogP contribution in [0.4, 0.5) is 0 Å². The second-order valence-electron chi connectivity index (χ2n) is 4.08. The minimum atomic E-state index is -0.0157. The lowest BCUT2D eigenvalue weighted by molar-refractivity contribution is 0.543. The van der Waals surface area contributed by atoms with Crippen LogP contribution in [0.5, 0.6) is 0 Å². The predicted octanol–water partition coefficient (Wildman–Crippen LogP) is 1.76. The zero-order chi connectivity index (χ0) is 12.3. The summed E-state index contributed by atoms with van der Waals surface area (Å²) < 4.78 is 1.95. The van der Waals surface area contributed by atoms with Crippen molar-refractivity contribution < 1.29 is 0 Å². The van der Waals surface area contributed by atoms with Gasteiger partial charge in [0.25, 0.3) is 0 Å². The van der Waals surface area contributed by atoms with E-state index in [4.69, 9.17) is 5.84 Å². The van der Waals surface area contributed by atoms with E-state index >= 15 is 0 Å². The summed E-state index contributed by atoms with van der Waals surface area (Å²) in [6.07, 6.45) is 1.80. The normalized spacial score (nSPS) is 12.6. The van der Waals surface area contributed by atoms with E-state index in [2.05, 4.69) is 48.6 Å². The molecule has 0 bridgehead atoms. The third-order valence-corrected chi connectivity index (χ3v) is 2.92. The van der Waals surface area contributed by atoms with Gasteiger partial charge in [-0.05, 0) is 25.5 Å². The SMILES string of the molecule is CCn1nccc1C(NN)c1ccc(C)cc1. The molecule has 0 saturated carbocycles. The average molecular weight is 230 g/mol. The number of hydrogen-bond acceptors (Lipinski definition) is 3. The molecule has 0 aliphatic heterocycles. The molecule has 4 nitrogen and oxygen atoms in total. The Morgan fingerprint density at radius 1 is 1.29 bits per heavy atom. The number of nitrogens with zero attached hydrogens (tertiary/aromatic N) is 2. The number of aromatic nitrogens is 2. The van der Waals surface area contributed by atoms with Gasteiger partial charge in [0.05, 0.1) is 11.7 Å². The van der Waals surface area contributed by atoms with E-state index < -0.39 is 0 Å². The Hall–Kier alpha value is -1.65. The summed E-state index contributed by atoms with van der Waals surface area (Å²) in [5.41, 5.74) is 6.33. The molecule has 0 saturated heterocycles. The van der Waals surface area contributed by atoms with Crippen molar-refractivity contribution in [2.75, 3.05) is 0 Å². The van der Waals surface area contributed by atoms with Gasteiger partial charge in [-0.25, -0.2) is 5.43 Å². The summed E-state index contributed by atoms with van der Waals surface area (Å²) in [5, 5.41) is 4.27. The second kappa shape index (κ2) is 5.12. The molecule has 0 fully saturated rings. The van der Waals surface area contributed by atoms with Crippen molar-refractivity contribution in [1.82, 2.24) is 15.2 Å². The largest absolute Gasteiger partial charge is 0.271 e. The minimum Gasteiger partial charge on any atom is -0.271 e. The molecule has 2 aromatic rings. The van der Waals surface area contributed by atoms with Gasteiger partial charge in [0.15, 0.2) is 0 Å². The fourth-order valence-electron chi connectivity index (χ4n) is 1.96. The third kappa shape index (κ3) is 2.38. The average Bonchev–Trinajstić information content (AvgIpc) is 2.81. The molecule has 4 heteroatoms. The van der Waals surface area contributed by atoms with E-state index in [0.717, 1.165) is 17.8 Å². The molecule has 2 rings (SSSR count). The van der Waals surface area contributed by atoms with Gasteiger partial charge < -0.3 is 0 Å². The summed E-state index contributed by atoms with van der Waals surface area (Å²) in [4.78, 5) is 0. The van der Waals surface area contributed by atoms with E-state index in [9.17, 15) is 0 Å². The molecule has 0 spiro atoms. The lowest BCUT2D eigenvalue weighted by atomic mass is 10.0. The molecule has 90 valence electrons. The van der Waals surface area contributed by atoms with Crippen LogP contribution in [0.1, 0.15) is 29.8 Å². The van der Waals surface area contributed by atoms with Crippen molar-refractivity contribution in [2.45, 2.75) is 26.4 Å². The van der Waals surface area contributed by atoms with Crippen LogP contribution >= 0.6 is 0 Å². The standard InChI is InChI=1S/C13H18N4/c1-3-17-12(8-9-15-17)13(16-14)11-6-4-10(2)5-7-11/h4-9,13,16H,3,14H2,1-2H3. The maximum absolute atomic E-state index is 5.67. The van der Waals surface area contributed by atoms with Crippen molar-refractivity contribution in [3.63, 3.8) is 0 Å². The van der Waals surface area contributed by atoms with E-state index in [1.807, 2.05) is 10.7 Å². The van der Waals surface area contributed by atoms with Crippen molar-refractivity contribution in [2.24, 2.45) is 5.84 Å². The smallest absolute Gasteiger partial charge is 0.0878 e. The minimum absolute atomic E-state index is 0.0157. The molecule has 0 radical (unpaired) electrons. The van der Waals surface area contributed by atoms with Crippen molar-refractivity contribution >= 4 is 0 Å². The van der Waals surface area contributed by atoms with Crippen LogP contribution in [0.3, 0.4) is 0 Å². The highest BCUT2D eigenvalue weighted by atomic mass is 15.3. The van der Waals surface area contributed by atoms with Gasteiger partial charge in [-0.15, -0.1) is 0 Å². The second-order valence-corrected chi connectivity index (χ2v) is 4.08. The topological polar surface area (TPSA) is 55.9 Å². The van der Waals surface area contributed by atoms with Gasteiger partial charge >= 0.3 is 0 Å². The predicted molar refractivity (Wildman–Crippen MR) is 68.2 cm³/mol. The van der Waals surface area contributed by atoms with Crippen LogP contribution in [0.15, 0.2) is 36.5 Å². The molecular weight excluding hydrogens is 212 g/mol. The number of hydrazine groups is 1. The Bertz CT molecular complexity index is 472. The number of nitrogens with two attached hydrogens (primary N) is 1. The highest BCUT2D eigenvalue weighted by Gasteiger charge is 2.15. The Morgan fingerprint density at radius 2 is 2.00 bits per heavy atom. The summed E-state index contributed by atoms with van der Waals surface area (Å²) in [6, 6.07) is 10.3. The van der Waals surface area contributed by atoms with Gasteiger partial charge in [0.2, 0.25) is 0 Å². The number of benzene rings is 1. The summed E-state index contributed by atoms with van der Waals surface area (Å²) in [7, 11) is 0. The van der Waals surface area contributed by atoms with Gasteiger partial charge in [-0.3, -0.25) is 10.5 Å². The Kier molecular flexibility index (Phi) is 3.56. The maximum atomic E-state index is 5.67. The first kappa shape index (κ1) is 11.8. The highest BCUT2D eigenvalue weighted by Crippen LogP contribution is 2.21. The summed E-state index contributed by atoms with van der Waals surface area (Å²) in [5.74, 6) is 5.67. The fourth-order valence-corrected chi connectivity index (χ4v) is 1.96. The van der Waals surface area contributed by atoms with E-state index in [1.54, 1.807) is 6.20 Å². The first-order valence-electron chi connectivity index (χ1n) is 5.80. The van der Waals surface area contributed by atoms with E-state index in [1.165, 1.54) is 5.56 Å². The Morgan fingerprint density at radius 3 is 2.59 bits per heavy atom.